The van der Waals surface area contributed by atoms with Crippen LogP contribution in [0.3, 0.4) is 0 Å². The van der Waals surface area contributed by atoms with Crippen LogP contribution in [0.15, 0.2) is 29.2 Å². The fourth-order valence-electron chi connectivity index (χ4n) is 4.00. The first-order valence-electron chi connectivity index (χ1n) is 8.87. The minimum atomic E-state index is -3.39. The lowest BCUT2D eigenvalue weighted by Gasteiger charge is -2.38. The van der Waals surface area contributed by atoms with Crippen LogP contribution in [-0.2, 0) is 10.0 Å². The van der Waals surface area contributed by atoms with E-state index in [-0.39, 0.29) is 0 Å². The van der Waals surface area contributed by atoms with Crippen molar-refractivity contribution in [1.82, 2.24) is 9.62 Å². The van der Waals surface area contributed by atoms with Gasteiger partial charge in [-0.3, -0.25) is 0 Å². The summed E-state index contributed by atoms with van der Waals surface area (Å²) in [6.07, 6.45) is 7.44. The average Bonchev–Trinajstić information content (AvgIpc) is 3.08. The summed E-state index contributed by atoms with van der Waals surface area (Å²) in [6.45, 7) is 4.90. The second kappa shape index (κ2) is 7.32. The van der Waals surface area contributed by atoms with E-state index in [4.69, 9.17) is 0 Å². The second-order valence-corrected chi connectivity index (χ2v) is 8.79. The Kier molecular flexibility index (Phi) is 5.39. The summed E-state index contributed by atoms with van der Waals surface area (Å²) in [6, 6.07) is 7.64. The highest BCUT2D eigenvalue weighted by Crippen LogP contribution is 2.30. The molecule has 0 radical (unpaired) electrons. The van der Waals surface area contributed by atoms with Gasteiger partial charge in [0.25, 0.3) is 0 Å². The third kappa shape index (κ3) is 4.14. The molecule has 1 aromatic rings. The molecule has 23 heavy (non-hydrogen) atoms. The number of sulfonamides is 1. The summed E-state index contributed by atoms with van der Waals surface area (Å²) in [5, 5.41) is 0. The molecule has 4 nitrogen and oxygen atoms in total. The Hall–Kier alpha value is -0.910. The molecule has 3 rings (SSSR count). The third-order valence-corrected chi connectivity index (χ3v) is 6.78. The van der Waals surface area contributed by atoms with Crippen LogP contribution >= 0.6 is 0 Å². The minimum Gasteiger partial charge on any atom is -0.300 e. The van der Waals surface area contributed by atoms with Gasteiger partial charge in [0.15, 0.2) is 0 Å². The SMILES string of the molecule is Cc1ccc(S(=O)(=O)NC[C@@H]2CCCC[C@@H]2N2CCCC2)cc1. The van der Waals surface area contributed by atoms with Crippen molar-refractivity contribution in [3.8, 4) is 0 Å². The molecule has 1 aliphatic carbocycles. The van der Waals surface area contributed by atoms with E-state index < -0.39 is 10.0 Å². The zero-order chi connectivity index (χ0) is 16.3. The first-order chi connectivity index (χ1) is 11.1. The van der Waals surface area contributed by atoms with Crippen LogP contribution in [0, 0.1) is 12.8 Å². The Balaban J connectivity index is 1.64. The monoisotopic (exact) mass is 336 g/mol. The number of hydrogen-bond donors (Lipinski definition) is 1. The first-order valence-corrected chi connectivity index (χ1v) is 10.3. The zero-order valence-electron chi connectivity index (χ0n) is 14.0. The molecular weight excluding hydrogens is 308 g/mol. The first kappa shape index (κ1) is 16.9. The number of aryl methyl sites for hydroxylation is 1. The standard InChI is InChI=1S/C18H28N2O2S/c1-15-8-10-17(11-9-15)23(21,22)19-14-16-6-2-3-7-18(16)20-12-4-5-13-20/h8-11,16,18-19H,2-7,12-14H2,1H3/t16-,18-/m0/s1. The van der Waals surface area contributed by atoms with Gasteiger partial charge in [0.05, 0.1) is 4.90 Å². The van der Waals surface area contributed by atoms with E-state index >= 15 is 0 Å². The van der Waals surface area contributed by atoms with Crippen LogP contribution in [0.2, 0.25) is 0 Å². The molecular formula is C18H28N2O2S. The molecule has 1 heterocycles. The van der Waals surface area contributed by atoms with Crippen molar-refractivity contribution in [3.05, 3.63) is 29.8 Å². The molecule has 0 aromatic heterocycles. The zero-order valence-corrected chi connectivity index (χ0v) is 14.8. The largest absolute Gasteiger partial charge is 0.300 e. The van der Waals surface area contributed by atoms with E-state index in [0.717, 1.165) is 12.0 Å². The van der Waals surface area contributed by atoms with Crippen LogP contribution < -0.4 is 4.72 Å². The van der Waals surface area contributed by atoms with Crippen LogP contribution in [-0.4, -0.2) is 39.0 Å². The third-order valence-electron chi connectivity index (χ3n) is 5.35. The highest BCUT2D eigenvalue weighted by Gasteiger charge is 2.32. The maximum atomic E-state index is 12.5. The summed E-state index contributed by atoms with van der Waals surface area (Å²) >= 11 is 0. The number of hydrogen-bond acceptors (Lipinski definition) is 3. The van der Waals surface area contributed by atoms with Crippen molar-refractivity contribution in [2.75, 3.05) is 19.6 Å². The van der Waals surface area contributed by atoms with Gasteiger partial charge in [-0.1, -0.05) is 30.5 Å². The van der Waals surface area contributed by atoms with Gasteiger partial charge in [0.2, 0.25) is 10.0 Å². The van der Waals surface area contributed by atoms with Crippen LogP contribution in [0.1, 0.15) is 44.1 Å². The van der Waals surface area contributed by atoms with Crippen LogP contribution in [0.4, 0.5) is 0 Å². The molecule has 0 spiro atoms. The Morgan fingerprint density at radius 3 is 2.39 bits per heavy atom. The molecule has 128 valence electrons. The summed E-state index contributed by atoms with van der Waals surface area (Å²) in [4.78, 5) is 2.96. The second-order valence-electron chi connectivity index (χ2n) is 7.02. The smallest absolute Gasteiger partial charge is 0.240 e. The Labute approximate surface area is 140 Å². The summed E-state index contributed by atoms with van der Waals surface area (Å²) < 4.78 is 27.8. The van der Waals surface area contributed by atoms with E-state index in [1.807, 2.05) is 19.1 Å². The maximum Gasteiger partial charge on any atom is 0.240 e. The van der Waals surface area contributed by atoms with E-state index in [2.05, 4.69) is 9.62 Å². The van der Waals surface area contributed by atoms with Gasteiger partial charge in [-0.2, -0.15) is 0 Å². The average molecular weight is 337 g/mol. The van der Waals surface area contributed by atoms with E-state index in [0.29, 0.717) is 23.4 Å². The number of likely N-dealkylation sites (tertiary alicyclic amines) is 1. The van der Waals surface area contributed by atoms with Crippen molar-refractivity contribution in [2.45, 2.75) is 56.4 Å². The van der Waals surface area contributed by atoms with Crippen LogP contribution in [0.25, 0.3) is 0 Å². The van der Waals surface area contributed by atoms with Crippen molar-refractivity contribution in [1.29, 1.82) is 0 Å². The topological polar surface area (TPSA) is 49.4 Å². The molecule has 2 fully saturated rings. The molecule has 1 saturated heterocycles. The highest BCUT2D eigenvalue weighted by molar-refractivity contribution is 7.89. The number of nitrogens with one attached hydrogen (secondary N) is 1. The number of rotatable bonds is 5. The Morgan fingerprint density at radius 1 is 1.04 bits per heavy atom. The molecule has 2 atom stereocenters. The lowest BCUT2D eigenvalue weighted by Crippen LogP contribution is -2.45. The highest BCUT2D eigenvalue weighted by atomic mass is 32.2. The van der Waals surface area contributed by atoms with E-state index in [1.165, 1.54) is 45.2 Å². The molecule has 1 aliphatic heterocycles. The van der Waals surface area contributed by atoms with Gasteiger partial charge in [-0.25, -0.2) is 13.1 Å². The molecule has 1 aromatic carbocycles. The fraction of sp³-hybridized carbons (Fsp3) is 0.667. The van der Waals surface area contributed by atoms with Crippen molar-refractivity contribution in [3.63, 3.8) is 0 Å². The molecule has 0 bridgehead atoms. The predicted molar refractivity (Wildman–Crippen MR) is 92.9 cm³/mol. The van der Waals surface area contributed by atoms with Crippen LogP contribution in [0.5, 0.6) is 0 Å². The summed E-state index contributed by atoms with van der Waals surface area (Å²) in [5.74, 6) is 0.446. The molecule has 1 saturated carbocycles. The van der Waals surface area contributed by atoms with Gasteiger partial charge in [-0.15, -0.1) is 0 Å². The summed E-state index contributed by atoms with van der Waals surface area (Å²) in [5.41, 5.74) is 1.07. The van der Waals surface area contributed by atoms with Gasteiger partial charge in [0, 0.05) is 12.6 Å². The summed E-state index contributed by atoms with van der Waals surface area (Å²) in [7, 11) is -3.39. The normalized spacial score (nSPS) is 26.5. The van der Waals surface area contributed by atoms with Gasteiger partial charge in [0.1, 0.15) is 0 Å². The van der Waals surface area contributed by atoms with Crippen molar-refractivity contribution >= 4 is 10.0 Å². The Bertz CT molecular complexity index is 606. The number of nitrogens with zero attached hydrogens (tertiary/aromatic N) is 1. The lowest BCUT2D eigenvalue weighted by atomic mass is 9.84. The van der Waals surface area contributed by atoms with Crippen molar-refractivity contribution < 1.29 is 8.42 Å². The molecule has 5 heteroatoms. The minimum absolute atomic E-state index is 0.372. The number of benzene rings is 1. The Morgan fingerprint density at radius 2 is 1.70 bits per heavy atom. The van der Waals surface area contributed by atoms with Gasteiger partial charge >= 0.3 is 0 Å². The van der Waals surface area contributed by atoms with E-state index in [9.17, 15) is 8.42 Å². The fourth-order valence-corrected chi connectivity index (χ4v) is 5.09. The molecule has 0 amide bonds. The lowest BCUT2D eigenvalue weighted by molar-refractivity contribution is 0.130. The molecule has 0 unspecified atom stereocenters. The van der Waals surface area contributed by atoms with E-state index in [1.54, 1.807) is 12.1 Å². The quantitative estimate of drug-likeness (QED) is 0.899. The van der Waals surface area contributed by atoms with Gasteiger partial charge in [-0.05, 0) is 63.7 Å². The molecule has 1 N–H and O–H groups in total. The van der Waals surface area contributed by atoms with Crippen molar-refractivity contribution in [2.24, 2.45) is 5.92 Å². The maximum absolute atomic E-state index is 12.5. The predicted octanol–water partition coefficient (Wildman–Crippen LogP) is 2.93. The molecule has 2 aliphatic rings. The van der Waals surface area contributed by atoms with Gasteiger partial charge < -0.3 is 4.90 Å².